The molecule has 0 saturated heterocycles. The van der Waals surface area contributed by atoms with Gasteiger partial charge in [0.2, 0.25) is 0 Å². The molecule has 3 N–H and O–H groups in total. The first-order chi connectivity index (χ1) is 20.7. The predicted molar refractivity (Wildman–Crippen MR) is 174 cm³/mol. The van der Waals surface area contributed by atoms with Crippen molar-refractivity contribution in [1.82, 2.24) is 20.6 Å². The third-order valence-corrected chi connectivity index (χ3v) is 6.59. The Morgan fingerprint density at radius 3 is 2.45 bits per heavy atom. The van der Waals surface area contributed by atoms with Crippen LogP contribution in [0.25, 0.3) is 5.57 Å². The molecule has 8 heteroatoms. The Labute approximate surface area is 249 Å². The van der Waals surface area contributed by atoms with E-state index in [1.54, 1.807) is 30.7 Å². The van der Waals surface area contributed by atoms with Crippen molar-refractivity contribution in [3.63, 3.8) is 0 Å². The molecule has 1 aromatic carbocycles. The van der Waals surface area contributed by atoms with Crippen LogP contribution in [0.4, 0.5) is 5.69 Å². The van der Waals surface area contributed by atoms with Crippen molar-refractivity contribution in [3.8, 4) is 11.8 Å². The number of nitrogens with one attached hydrogen (secondary N) is 3. The normalized spacial score (nSPS) is 13.6. The summed E-state index contributed by atoms with van der Waals surface area (Å²) in [5, 5.41) is 9.91. The Kier molecular flexibility index (Phi) is 14.2. The number of aldehydes is 1. The van der Waals surface area contributed by atoms with Crippen LogP contribution in [0.5, 0.6) is 0 Å². The summed E-state index contributed by atoms with van der Waals surface area (Å²) in [6, 6.07) is 15.4. The number of anilines is 1. The molecular weight excluding hydrogens is 522 g/mol. The second-order valence-corrected chi connectivity index (χ2v) is 9.81. The van der Waals surface area contributed by atoms with Crippen LogP contribution in [0.1, 0.15) is 72.6 Å². The Morgan fingerprint density at radius 2 is 1.81 bits per heavy atom. The molecular formula is C34H41N7O. The van der Waals surface area contributed by atoms with Crippen molar-refractivity contribution in [2.45, 2.75) is 51.5 Å². The molecule has 2 heterocycles. The van der Waals surface area contributed by atoms with Gasteiger partial charge in [-0.25, -0.2) is 9.98 Å². The van der Waals surface area contributed by atoms with Crippen molar-refractivity contribution in [1.29, 1.82) is 0 Å². The fourth-order valence-electron chi connectivity index (χ4n) is 4.37. The molecule has 2 aromatic heterocycles. The number of benzene rings is 1. The van der Waals surface area contributed by atoms with Gasteiger partial charge in [0, 0.05) is 53.2 Å². The van der Waals surface area contributed by atoms with E-state index >= 15 is 0 Å². The number of allylic oxidation sites excluding steroid dienone is 1. The highest BCUT2D eigenvalue weighted by Gasteiger charge is 2.16. The number of aliphatic imine (C=N–C) groups is 2. The van der Waals surface area contributed by atoms with Gasteiger partial charge in [-0.1, -0.05) is 32.1 Å². The number of carbonyl (C=O) groups is 1. The highest BCUT2D eigenvalue weighted by molar-refractivity contribution is 6.11. The molecule has 0 atom stereocenters. The first-order valence-electron chi connectivity index (χ1n) is 14.5. The van der Waals surface area contributed by atoms with Crippen LogP contribution in [0, 0.1) is 11.8 Å². The average Bonchev–Trinajstić information content (AvgIpc) is 3.05. The molecule has 1 aliphatic rings. The molecule has 1 saturated carbocycles. The summed E-state index contributed by atoms with van der Waals surface area (Å²) in [7, 11) is 1.96. The minimum atomic E-state index is 0.399. The maximum atomic E-state index is 10.9. The third-order valence-electron chi connectivity index (χ3n) is 6.59. The van der Waals surface area contributed by atoms with Crippen LogP contribution in [0.3, 0.4) is 0 Å². The van der Waals surface area contributed by atoms with Gasteiger partial charge in [-0.15, -0.1) is 0 Å². The molecule has 42 heavy (non-hydrogen) atoms. The lowest BCUT2D eigenvalue weighted by Crippen LogP contribution is -2.30. The SMILES string of the molecule is C=N/C(NC1CCCCC1)=C(\C=N/CNc1ccc(C#Cc2cc(C=O)ccn2)cc1)c1ccncc1.CCCNC. The Hall–Kier alpha value is -4.61. The van der Waals surface area contributed by atoms with Crippen LogP contribution in [0.2, 0.25) is 0 Å². The Morgan fingerprint density at radius 1 is 1.05 bits per heavy atom. The third kappa shape index (κ3) is 11.1. The molecule has 4 rings (SSSR count). The number of carbonyl (C=O) groups excluding carboxylic acids is 1. The Bertz CT molecular complexity index is 1360. The maximum Gasteiger partial charge on any atom is 0.150 e. The van der Waals surface area contributed by atoms with Gasteiger partial charge in [0.05, 0.1) is 0 Å². The standard InChI is InChI=1S/C30H30N6O.C4H11N/c1-31-30(36-27-5-3-2-4-6-27)29(25-14-16-32-17-15-25)20-33-22-35-26-10-7-23(8-11-26)9-12-28-19-24(21-37)13-18-34-28;1-3-4-5-2/h7-8,10-11,13-21,27,35-36H,1-6,22H2;5H,3-4H2,1-2H3/b30-29-,33-20-;. The van der Waals surface area contributed by atoms with Gasteiger partial charge in [0.15, 0.2) is 0 Å². The topological polar surface area (TPSA) is 104 Å². The molecule has 0 spiro atoms. The zero-order valence-corrected chi connectivity index (χ0v) is 24.6. The second-order valence-electron chi connectivity index (χ2n) is 9.81. The van der Waals surface area contributed by atoms with Crippen LogP contribution in [-0.4, -0.2) is 55.5 Å². The molecule has 3 aromatic rings. The number of nitrogens with zero attached hydrogens (tertiary/aromatic N) is 4. The fourth-order valence-corrected chi connectivity index (χ4v) is 4.37. The van der Waals surface area contributed by atoms with E-state index in [-0.39, 0.29) is 0 Å². The molecule has 0 unspecified atom stereocenters. The minimum Gasteiger partial charge on any atom is -0.367 e. The highest BCUT2D eigenvalue weighted by atomic mass is 16.1. The van der Waals surface area contributed by atoms with Crippen molar-refractivity contribution < 1.29 is 4.79 Å². The van der Waals surface area contributed by atoms with Gasteiger partial charge in [-0.3, -0.25) is 14.8 Å². The van der Waals surface area contributed by atoms with Crippen molar-refractivity contribution >= 4 is 30.5 Å². The second kappa shape index (κ2) is 18.7. The Balaban J connectivity index is 0.000000892. The average molecular weight is 564 g/mol. The lowest BCUT2D eigenvalue weighted by molar-refractivity contribution is 0.112. The van der Waals surface area contributed by atoms with Crippen molar-refractivity contribution in [2.24, 2.45) is 9.98 Å². The van der Waals surface area contributed by atoms with E-state index < -0.39 is 0 Å². The zero-order chi connectivity index (χ0) is 29.8. The summed E-state index contributed by atoms with van der Waals surface area (Å²) in [5.74, 6) is 6.81. The summed E-state index contributed by atoms with van der Waals surface area (Å²) in [6.07, 6.45) is 15.0. The predicted octanol–water partition coefficient (Wildman–Crippen LogP) is 5.74. The number of aromatic nitrogens is 2. The summed E-state index contributed by atoms with van der Waals surface area (Å²) < 4.78 is 0. The monoisotopic (exact) mass is 563 g/mol. The van der Waals surface area contributed by atoms with E-state index in [4.69, 9.17) is 0 Å². The van der Waals surface area contributed by atoms with Crippen LogP contribution < -0.4 is 16.0 Å². The largest absolute Gasteiger partial charge is 0.367 e. The summed E-state index contributed by atoms with van der Waals surface area (Å²) >= 11 is 0. The van der Waals surface area contributed by atoms with Crippen molar-refractivity contribution in [3.05, 3.63) is 95.3 Å². The van der Waals surface area contributed by atoms with Gasteiger partial charge in [0.1, 0.15) is 24.5 Å². The van der Waals surface area contributed by atoms with Gasteiger partial charge in [-0.05, 0) is 99.6 Å². The van der Waals surface area contributed by atoms with Crippen molar-refractivity contribution in [2.75, 3.05) is 25.6 Å². The summed E-state index contributed by atoms with van der Waals surface area (Å²) in [4.78, 5) is 28.1. The fraction of sp³-hybridized carbons (Fsp3) is 0.324. The lowest BCUT2D eigenvalue weighted by atomic mass is 9.95. The molecule has 218 valence electrons. The molecule has 0 amide bonds. The van der Waals surface area contributed by atoms with Crippen LogP contribution in [0.15, 0.2) is 82.9 Å². The van der Waals surface area contributed by atoms with E-state index in [0.717, 1.165) is 53.9 Å². The number of rotatable bonds is 11. The molecule has 0 radical (unpaired) electrons. The van der Waals surface area contributed by atoms with E-state index in [2.05, 4.69) is 61.4 Å². The number of pyridine rings is 2. The molecule has 1 aliphatic carbocycles. The van der Waals surface area contributed by atoms with Gasteiger partial charge in [0.25, 0.3) is 0 Å². The van der Waals surface area contributed by atoms with Gasteiger partial charge < -0.3 is 16.0 Å². The zero-order valence-electron chi connectivity index (χ0n) is 24.6. The lowest BCUT2D eigenvalue weighted by Gasteiger charge is -2.24. The first kappa shape index (κ1) is 31.9. The maximum absolute atomic E-state index is 10.9. The molecule has 0 bridgehead atoms. The summed E-state index contributed by atoms with van der Waals surface area (Å²) in [6.45, 7) is 7.49. The van der Waals surface area contributed by atoms with Gasteiger partial charge >= 0.3 is 0 Å². The minimum absolute atomic E-state index is 0.399. The van der Waals surface area contributed by atoms with E-state index in [0.29, 0.717) is 24.0 Å². The molecule has 1 fully saturated rings. The van der Waals surface area contributed by atoms with Gasteiger partial charge in [-0.2, -0.15) is 0 Å². The quantitative estimate of drug-likeness (QED) is 0.156. The number of hydrogen-bond donors (Lipinski definition) is 3. The van der Waals surface area contributed by atoms with E-state index in [1.807, 2.05) is 49.7 Å². The van der Waals surface area contributed by atoms with E-state index in [1.165, 1.54) is 25.7 Å². The summed E-state index contributed by atoms with van der Waals surface area (Å²) in [5.41, 5.74) is 4.78. The van der Waals surface area contributed by atoms with Crippen LogP contribution >= 0.6 is 0 Å². The van der Waals surface area contributed by atoms with E-state index in [9.17, 15) is 4.79 Å². The first-order valence-corrected chi connectivity index (χ1v) is 14.5. The highest BCUT2D eigenvalue weighted by Crippen LogP contribution is 2.22. The number of hydrogen-bond acceptors (Lipinski definition) is 8. The molecule has 0 aliphatic heterocycles. The van der Waals surface area contributed by atoms with Crippen LogP contribution in [-0.2, 0) is 0 Å². The molecule has 8 nitrogen and oxygen atoms in total. The smallest absolute Gasteiger partial charge is 0.150 e.